The van der Waals surface area contributed by atoms with E-state index in [9.17, 15) is 9.18 Å². The van der Waals surface area contributed by atoms with Gasteiger partial charge in [0.15, 0.2) is 11.5 Å². The van der Waals surface area contributed by atoms with Gasteiger partial charge in [-0.15, -0.1) is 0 Å². The predicted molar refractivity (Wildman–Crippen MR) is 142 cm³/mol. The van der Waals surface area contributed by atoms with Crippen molar-refractivity contribution < 1.29 is 13.9 Å². The number of benzene rings is 2. The Morgan fingerprint density at radius 2 is 1.86 bits per heavy atom. The van der Waals surface area contributed by atoms with Crippen molar-refractivity contribution in [1.29, 1.82) is 0 Å². The van der Waals surface area contributed by atoms with E-state index in [1.807, 2.05) is 30.3 Å². The Morgan fingerprint density at radius 3 is 2.59 bits per heavy atom. The fourth-order valence-corrected chi connectivity index (χ4v) is 4.45. The van der Waals surface area contributed by atoms with E-state index in [0.29, 0.717) is 35.5 Å². The van der Waals surface area contributed by atoms with Gasteiger partial charge in [-0.05, 0) is 48.0 Å². The fraction of sp³-hybridized carbons (Fsp3) is 0.296. The monoisotopic (exact) mass is 523 g/mol. The summed E-state index contributed by atoms with van der Waals surface area (Å²) < 4.78 is 26.0. The summed E-state index contributed by atoms with van der Waals surface area (Å²) in [4.78, 5) is 25.2. The molecule has 10 heteroatoms. The number of fused-ring (bicyclic) bond motifs is 1. The number of halogens is 2. The molecular formula is C27H27ClFN5O3. The van der Waals surface area contributed by atoms with Gasteiger partial charge in [-0.25, -0.2) is 14.4 Å². The minimum absolute atomic E-state index is 0.00737. The molecule has 2 aromatic heterocycles. The first-order chi connectivity index (χ1) is 18.0. The number of methoxy groups -OCH3 is 1. The number of rotatable bonds is 8. The van der Waals surface area contributed by atoms with E-state index < -0.39 is 5.82 Å². The Balaban J connectivity index is 1.51. The van der Waals surface area contributed by atoms with Crippen LogP contribution < -0.4 is 15.6 Å². The minimum atomic E-state index is -0.503. The Morgan fingerprint density at radius 1 is 1.08 bits per heavy atom. The molecule has 0 spiro atoms. The number of anilines is 1. The molecule has 1 N–H and O–H groups in total. The van der Waals surface area contributed by atoms with E-state index >= 15 is 0 Å². The van der Waals surface area contributed by atoms with E-state index in [0.717, 1.165) is 44.2 Å². The molecule has 192 valence electrons. The van der Waals surface area contributed by atoms with Crippen LogP contribution in [0.25, 0.3) is 22.4 Å². The van der Waals surface area contributed by atoms with Crippen LogP contribution in [0.4, 0.5) is 10.2 Å². The van der Waals surface area contributed by atoms with Gasteiger partial charge in [0.05, 0.1) is 37.6 Å². The van der Waals surface area contributed by atoms with Crippen LogP contribution in [0.5, 0.6) is 5.75 Å². The van der Waals surface area contributed by atoms with E-state index in [2.05, 4.69) is 15.2 Å². The summed E-state index contributed by atoms with van der Waals surface area (Å²) in [5.74, 6) is 0.500. The normalized spacial score (nSPS) is 14.1. The molecule has 0 saturated carbocycles. The van der Waals surface area contributed by atoms with Gasteiger partial charge in [0.25, 0.3) is 5.56 Å². The molecule has 1 saturated heterocycles. The topological polar surface area (TPSA) is 81.5 Å². The number of hydrogen-bond acceptors (Lipinski definition) is 7. The molecule has 0 amide bonds. The van der Waals surface area contributed by atoms with E-state index in [-0.39, 0.29) is 16.4 Å². The summed E-state index contributed by atoms with van der Waals surface area (Å²) in [6.07, 6.45) is 0. The standard InChI is InChI=1S/C27H27ClFN5O3/c1-36-20-5-2-18(3-6-20)17-34-26-24(9-8-23(32-26)19-4-7-22(29)21(28)16-19)31-25(27(34)35)30-10-11-33-12-14-37-15-13-33/h2-9,16H,10-15,17H2,1H3,(H,30,31). The Labute approximate surface area is 218 Å². The van der Waals surface area contributed by atoms with Crippen LogP contribution in [0.2, 0.25) is 5.02 Å². The lowest BCUT2D eigenvalue weighted by molar-refractivity contribution is 0.0398. The van der Waals surface area contributed by atoms with Crippen molar-refractivity contribution in [2.45, 2.75) is 6.54 Å². The zero-order valence-corrected chi connectivity index (χ0v) is 21.2. The number of nitrogens with one attached hydrogen (secondary N) is 1. The molecule has 37 heavy (non-hydrogen) atoms. The fourth-order valence-electron chi connectivity index (χ4n) is 4.27. The van der Waals surface area contributed by atoms with Crippen molar-refractivity contribution in [2.75, 3.05) is 51.8 Å². The number of ether oxygens (including phenoxy) is 2. The maximum atomic E-state index is 13.7. The zero-order valence-electron chi connectivity index (χ0n) is 20.4. The van der Waals surface area contributed by atoms with Gasteiger partial charge in [0, 0.05) is 31.7 Å². The maximum absolute atomic E-state index is 13.7. The summed E-state index contributed by atoms with van der Waals surface area (Å²) in [7, 11) is 1.61. The smallest absolute Gasteiger partial charge is 0.295 e. The van der Waals surface area contributed by atoms with Crippen LogP contribution in [0.15, 0.2) is 59.4 Å². The van der Waals surface area contributed by atoms with E-state index in [1.165, 1.54) is 12.1 Å². The second kappa shape index (κ2) is 11.2. The van der Waals surface area contributed by atoms with Crippen LogP contribution in [0, 0.1) is 5.82 Å². The number of hydrogen-bond donors (Lipinski definition) is 1. The van der Waals surface area contributed by atoms with Crippen molar-refractivity contribution in [3.63, 3.8) is 0 Å². The lowest BCUT2D eigenvalue weighted by Crippen LogP contribution is -2.39. The summed E-state index contributed by atoms with van der Waals surface area (Å²) >= 11 is 6.00. The summed E-state index contributed by atoms with van der Waals surface area (Å²) in [5.41, 5.74) is 2.84. The average Bonchev–Trinajstić information content (AvgIpc) is 2.93. The molecule has 0 atom stereocenters. The van der Waals surface area contributed by atoms with Gasteiger partial charge >= 0.3 is 0 Å². The van der Waals surface area contributed by atoms with Gasteiger partial charge in [0.1, 0.15) is 17.1 Å². The van der Waals surface area contributed by atoms with Crippen LogP contribution in [0.1, 0.15) is 5.56 Å². The highest BCUT2D eigenvalue weighted by Gasteiger charge is 2.16. The molecular weight excluding hydrogens is 497 g/mol. The molecule has 5 rings (SSSR count). The highest BCUT2D eigenvalue weighted by molar-refractivity contribution is 6.31. The minimum Gasteiger partial charge on any atom is -0.497 e. The van der Waals surface area contributed by atoms with Crippen LogP contribution in [-0.2, 0) is 11.3 Å². The zero-order chi connectivity index (χ0) is 25.8. The second-order valence-corrected chi connectivity index (χ2v) is 9.16. The van der Waals surface area contributed by atoms with Crippen LogP contribution >= 0.6 is 11.6 Å². The molecule has 4 aromatic rings. The summed E-state index contributed by atoms with van der Waals surface area (Å²) in [5, 5.41) is 3.23. The van der Waals surface area contributed by atoms with Crippen molar-refractivity contribution >= 4 is 28.6 Å². The van der Waals surface area contributed by atoms with Crippen LogP contribution in [0.3, 0.4) is 0 Å². The lowest BCUT2D eigenvalue weighted by Gasteiger charge is -2.26. The number of morpholine rings is 1. The molecule has 0 bridgehead atoms. The Bertz CT molecular complexity index is 1460. The highest BCUT2D eigenvalue weighted by Crippen LogP contribution is 2.25. The predicted octanol–water partition coefficient (Wildman–Crippen LogP) is 4.05. The molecule has 1 fully saturated rings. The SMILES string of the molecule is COc1ccc(Cn2c(=O)c(NCCN3CCOCC3)nc3ccc(-c4ccc(F)c(Cl)c4)nc32)cc1. The van der Waals surface area contributed by atoms with Crippen molar-refractivity contribution in [3.05, 3.63) is 81.4 Å². The maximum Gasteiger partial charge on any atom is 0.295 e. The van der Waals surface area contributed by atoms with E-state index in [1.54, 1.807) is 23.8 Å². The average molecular weight is 524 g/mol. The third kappa shape index (κ3) is 5.74. The highest BCUT2D eigenvalue weighted by atomic mass is 35.5. The third-order valence-electron chi connectivity index (χ3n) is 6.33. The summed E-state index contributed by atoms with van der Waals surface area (Å²) in [6.45, 7) is 4.83. The van der Waals surface area contributed by atoms with Gasteiger partial charge in [-0.1, -0.05) is 23.7 Å². The molecule has 3 heterocycles. The number of pyridine rings is 1. The van der Waals surface area contributed by atoms with E-state index in [4.69, 9.17) is 26.1 Å². The molecule has 0 aliphatic carbocycles. The molecule has 1 aliphatic rings. The number of nitrogens with zero attached hydrogens (tertiary/aromatic N) is 4. The molecule has 1 aliphatic heterocycles. The second-order valence-electron chi connectivity index (χ2n) is 8.75. The molecule has 8 nitrogen and oxygen atoms in total. The third-order valence-corrected chi connectivity index (χ3v) is 6.62. The van der Waals surface area contributed by atoms with Gasteiger partial charge in [0.2, 0.25) is 0 Å². The summed E-state index contributed by atoms with van der Waals surface area (Å²) in [6, 6.07) is 15.6. The quantitative estimate of drug-likeness (QED) is 0.373. The first-order valence-electron chi connectivity index (χ1n) is 12.1. The Hall–Kier alpha value is -3.53. The first kappa shape index (κ1) is 25.1. The largest absolute Gasteiger partial charge is 0.497 e. The molecule has 2 aromatic carbocycles. The van der Waals surface area contributed by atoms with Gasteiger partial charge in [-0.3, -0.25) is 14.3 Å². The van der Waals surface area contributed by atoms with Crippen molar-refractivity contribution in [1.82, 2.24) is 19.4 Å². The lowest BCUT2D eigenvalue weighted by atomic mass is 10.1. The van der Waals surface area contributed by atoms with Crippen LogP contribution in [-0.4, -0.2) is 65.9 Å². The molecule has 0 unspecified atom stereocenters. The molecule has 0 radical (unpaired) electrons. The van der Waals surface area contributed by atoms with Gasteiger partial charge < -0.3 is 14.8 Å². The Kier molecular flexibility index (Phi) is 7.64. The van der Waals surface area contributed by atoms with Crippen molar-refractivity contribution in [3.8, 4) is 17.0 Å². The number of aromatic nitrogens is 3. The van der Waals surface area contributed by atoms with Gasteiger partial charge in [-0.2, -0.15) is 0 Å². The first-order valence-corrected chi connectivity index (χ1v) is 12.4. The van der Waals surface area contributed by atoms with Crippen molar-refractivity contribution in [2.24, 2.45) is 0 Å².